The van der Waals surface area contributed by atoms with Crippen LogP contribution in [0.1, 0.15) is 22.3 Å². The minimum Gasteiger partial charge on any atom is -0.492 e. The van der Waals surface area contributed by atoms with Crippen LogP contribution in [0.2, 0.25) is 5.02 Å². The lowest BCUT2D eigenvalue weighted by Crippen LogP contribution is -2.54. The molecule has 0 bridgehead atoms. The molecule has 38 heavy (non-hydrogen) atoms. The molecule has 0 atom stereocenters. The van der Waals surface area contributed by atoms with Gasteiger partial charge in [0, 0.05) is 27.7 Å². The summed E-state index contributed by atoms with van der Waals surface area (Å²) >= 11 is 6.22. The van der Waals surface area contributed by atoms with Gasteiger partial charge in [-0.1, -0.05) is 41.9 Å². The molecule has 2 heterocycles. The maximum absolute atomic E-state index is 13.4. The van der Waals surface area contributed by atoms with Gasteiger partial charge in [-0.15, -0.1) is 0 Å². The molecular weight excluding hydrogens is 502 g/mol. The zero-order valence-corrected chi connectivity index (χ0v) is 22.0. The number of urea groups is 1. The maximum Gasteiger partial charge on any atom is 0.335 e. The molecule has 1 aliphatic heterocycles. The molecule has 7 nitrogen and oxygen atoms in total. The van der Waals surface area contributed by atoms with Crippen molar-refractivity contribution in [2.75, 3.05) is 11.5 Å². The summed E-state index contributed by atoms with van der Waals surface area (Å²) < 4.78 is 8.02. The number of benzene rings is 3. The largest absolute Gasteiger partial charge is 0.492 e. The van der Waals surface area contributed by atoms with E-state index in [-0.39, 0.29) is 11.3 Å². The Labute approximate surface area is 225 Å². The highest BCUT2D eigenvalue weighted by Gasteiger charge is 2.37. The Bertz CT molecular complexity index is 1620. The number of rotatable bonds is 6. The van der Waals surface area contributed by atoms with E-state index in [0.29, 0.717) is 23.7 Å². The van der Waals surface area contributed by atoms with Crippen LogP contribution >= 0.6 is 11.6 Å². The average molecular weight is 528 g/mol. The van der Waals surface area contributed by atoms with Gasteiger partial charge in [0.1, 0.15) is 17.9 Å². The van der Waals surface area contributed by atoms with E-state index >= 15 is 0 Å². The third-order valence-corrected chi connectivity index (χ3v) is 6.84. The number of amides is 4. The number of hydrogen-bond donors (Lipinski definition) is 1. The van der Waals surface area contributed by atoms with E-state index in [1.54, 1.807) is 12.1 Å². The molecule has 4 aromatic rings. The number of carbonyl (C=O) groups is 3. The lowest BCUT2D eigenvalue weighted by Gasteiger charge is -2.26. The number of barbiturate groups is 1. The molecule has 3 aromatic carbocycles. The highest BCUT2D eigenvalue weighted by Crippen LogP contribution is 2.29. The first-order chi connectivity index (χ1) is 18.2. The minimum atomic E-state index is -0.817. The Morgan fingerprint density at radius 1 is 0.947 bits per heavy atom. The summed E-state index contributed by atoms with van der Waals surface area (Å²) in [7, 11) is 0. The zero-order valence-electron chi connectivity index (χ0n) is 21.2. The highest BCUT2D eigenvalue weighted by molar-refractivity contribution is 6.39. The molecule has 4 amide bonds. The summed E-state index contributed by atoms with van der Waals surface area (Å²) in [6.07, 6.45) is 3.41. The summed E-state index contributed by atoms with van der Waals surface area (Å²) in [6, 6.07) is 17.9. The smallest absolute Gasteiger partial charge is 0.335 e. The van der Waals surface area contributed by atoms with Gasteiger partial charge in [0.2, 0.25) is 0 Å². The molecule has 192 valence electrons. The van der Waals surface area contributed by atoms with Gasteiger partial charge in [0.25, 0.3) is 11.8 Å². The molecule has 1 fully saturated rings. The molecule has 1 N–H and O–H groups in total. The van der Waals surface area contributed by atoms with Crippen LogP contribution in [-0.4, -0.2) is 29.0 Å². The standard InChI is InChI=1S/C30H26ClN3O4/c1-18-12-19(2)14-23(13-18)38-11-10-33-17-21(24-6-4-5-7-27(24)33)15-25-28(35)32-30(37)34(29(25)36)22-9-8-20(3)26(31)16-22/h4-9,12-17H,10-11H2,1-3H3,(H,32,35,37). The lowest BCUT2D eigenvalue weighted by molar-refractivity contribution is -0.122. The van der Waals surface area contributed by atoms with E-state index in [0.717, 1.165) is 38.2 Å². The Morgan fingerprint density at radius 3 is 2.42 bits per heavy atom. The molecule has 1 saturated heterocycles. The van der Waals surface area contributed by atoms with Crippen molar-refractivity contribution < 1.29 is 19.1 Å². The molecule has 0 spiro atoms. The number of hydrogen-bond acceptors (Lipinski definition) is 4. The molecule has 5 rings (SSSR count). The Balaban J connectivity index is 1.45. The second-order valence-corrected chi connectivity index (χ2v) is 9.77. The maximum atomic E-state index is 13.4. The molecule has 0 saturated carbocycles. The van der Waals surface area contributed by atoms with Gasteiger partial charge >= 0.3 is 6.03 Å². The number of anilines is 1. The van der Waals surface area contributed by atoms with Crippen molar-refractivity contribution in [2.45, 2.75) is 27.3 Å². The fourth-order valence-corrected chi connectivity index (χ4v) is 4.80. The van der Waals surface area contributed by atoms with Gasteiger partial charge < -0.3 is 9.30 Å². The van der Waals surface area contributed by atoms with Gasteiger partial charge in [-0.25, -0.2) is 9.69 Å². The van der Waals surface area contributed by atoms with Crippen LogP contribution in [0.5, 0.6) is 5.75 Å². The van der Waals surface area contributed by atoms with Crippen molar-refractivity contribution in [3.63, 3.8) is 0 Å². The predicted molar refractivity (Wildman–Crippen MR) is 149 cm³/mol. The Kier molecular flexibility index (Phi) is 6.78. The molecule has 1 aromatic heterocycles. The number of para-hydroxylation sites is 1. The number of halogens is 1. The summed E-state index contributed by atoms with van der Waals surface area (Å²) in [4.78, 5) is 39.6. The monoisotopic (exact) mass is 527 g/mol. The first kappa shape index (κ1) is 25.3. The Hall–Kier alpha value is -4.36. The number of nitrogens with one attached hydrogen (secondary N) is 1. The SMILES string of the molecule is Cc1cc(C)cc(OCCn2cc(C=C3C(=O)NC(=O)N(c4ccc(C)c(Cl)c4)C3=O)c3ccccc32)c1. The van der Waals surface area contributed by atoms with Gasteiger partial charge in [0.05, 0.1) is 12.2 Å². The molecule has 8 heteroatoms. The van der Waals surface area contributed by atoms with Crippen LogP contribution in [0.3, 0.4) is 0 Å². The van der Waals surface area contributed by atoms with E-state index in [1.165, 1.54) is 12.1 Å². The van der Waals surface area contributed by atoms with Gasteiger partial charge in [-0.3, -0.25) is 14.9 Å². The summed E-state index contributed by atoms with van der Waals surface area (Å²) in [6.45, 7) is 6.88. The van der Waals surface area contributed by atoms with Crippen LogP contribution in [0.4, 0.5) is 10.5 Å². The number of nitrogens with zero attached hydrogens (tertiary/aromatic N) is 2. The summed E-state index contributed by atoms with van der Waals surface area (Å²) in [5.74, 6) is -0.648. The molecule has 1 aliphatic rings. The first-order valence-electron chi connectivity index (χ1n) is 12.2. The van der Waals surface area contributed by atoms with Crippen molar-refractivity contribution in [2.24, 2.45) is 0 Å². The number of imide groups is 2. The third-order valence-electron chi connectivity index (χ3n) is 6.43. The zero-order chi connectivity index (χ0) is 27.0. The van der Waals surface area contributed by atoms with Crippen LogP contribution < -0.4 is 15.0 Å². The van der Waals surface area contributed by atoms with Crippen molar-refractivity contribution in [3.8, 4) is 5.75 Å². The van der Waals surface area contributed by atoms with Gasteiger partial charge in [0.15, 0.2) is 0 Å². The number of carbonyl (C=O) groups excluding carboxylic acids is 3. The lowest BCUT2D eigenvalue weighted by atomic mass is 10.1. The van der Waals surface area contributed by atoms with Crippen molar-refractivity contribution in [3.05, 3.63) is 99.7 Å². The normalized spacial score (nSPS) is 14.9. The number of fused-ring (bicyclic) bond motifs is 1. The topological polar surface area (TPSA) is 80.6 Å². The van der Waals surface area contributed by atoms with Gasteiger partial charge in [-0.2, -0.15) is 0 Å². The summed E-state index contributed by atoms with van der Waals surface area (Å²) in [5, 5.41) is 3.55. The third kappa shape index (κ3) is 4.93. The van der Waals surface area contributed by atoms with Crippen molar-refractivity contribution in [1.82, 2.24) is 9.88 Å². The van der Waals surface area contributed by atoms with Crippen LogP contribution in [0.15, 0.2) is 72.4 Å². The average Bonchev–Trinajstić information content (AvgIpc) is 3.21. The van der Waals surface area contributed by atoms with Crippen molar-refractivity contribution >= 4 is 52.1 Å². The highest BCUT2D eigenvalue weighted by atomic mass is 35.5. The molecule has 0 unspecified atom stereocenters. The quantitative estimate of drug-likeness (QED) is 0.247. The van der Waals surface area contributed by atoms with E-state index in [4.69, 9.17) is 16.3 Å². The second kappa shape index (κ2) is 10.2. The Morgan fingerprint density at radius 2 is 1.68 bits per heavy atom. The van der Waals surface area contributed by atoms with E-state index in [9.17, 15) is 14.4 Å². The van der Waals surface area contributed by atoms with Crippen molar-refractivity contribution in [1.29, 1.82) is 0 Å². The van der Waals surface area contributed by atoms with Gasteiger partial charge in [-0.05, 0) is 73.9 Å². The van der Waals surface area contributed by atoms with E-state index in [1.807, 2.05) is 67.9 Å². The van der Waals surface area contributed by atoms with E-state index < -0.39 is 17.8 Å². The van der Waals surface area contributed by atoms with Crippen LogP contribution in [-0.2, 0) is 16.1 Å². The van der Waals surface area contributed by atoms with Crippen LogP contribution in [0, 0.1) is 20.8 Å². The molecule has 0 aliphatic carbocycles. The second-order valence-electron chi connectivity index (χ2n) is 9.36. The van der Waals surface area contributed by atoms with Crippen LogP contribution in [0.25, 0.3) is 17.0 Å². The first-order valence-corrected chi connectivity index (χ1v) is 12.6. The number of ether oxygens (including phenoxy) is 1. The fourth-order valence-electron chi connectivity index (χ4n) is 4.62. The predicted octanol–water partition coefficient (Wildman–Crippen LogP) is 5.97. The fraction of sp³-hybridized carbons (Fsp3) is 0.167. The molecular formula is C30H26ClN3O4. The minimum absolute atomic E-state index is 0.143. The number of aryl methyl sites for hydroxylation is 3. The molecule has 0 radical (unpaired) electrons. The summed E-state index contributed by atoms with van der Waals surface area (Å²) in [5.41, 5.74) is 4.84. The van der Waals surface area contributed by atoms with E-state index in [2.05, 4.69) is 11.4 Å². The number of aromatic nitrogens is 1.